The number of nitrogens with one attached hydrogen (secondary N) is 1. The van der Waals surface area contributed by atoms with Crippen LogP contribution in [0.5, 0.6) is 0 Å². The van der Waals surface area contributed by atoms with E-state index in [1.165, 1.54) is 6.20 Å². The van der Waals surface area contributed by atoms with E-state index in [-0.39, 0.29) is 17.3 Å². The lowest BCUT2D eigenvalue weighted by Gasteiger charge is -2.00. The van der Waals surface area contributed by atoms with Gasteiger partial charge in [0.05, 0.1) is 0 Å². The van der Waals surface area contributed by atoms with Crippen molar-refractivity contribution in [1.29, 1.82) is 0 Å². The van der Waals surface area contributed by atoms with Crippen LogP contribution in [0.1, 0.15) is 5.56 Å². The van der Waals surface area contributed by atoms with Crippen molar-refractivity contribution in [3.8, 4) is 34.1 Å². The van der Waals surface area contributed by atoms with Gasteiger partial charge >= 0.3 is 8.03 Å². The van der Waals surface area contributed by atoms with Crippen molar-refractivity contribution < 1.29 is 14.0 Å². The molecule has 2 N–H and O–H groups in total. The van der Waals surface area contributed by atoms with E-state index in [2.05, 4.69) is 20.1 Å². The Labute approximate surface area is 159 Å². The maximum absolute atomic E-state index is 12.4. The summed E-state index contributed by atoms with van der Waals surface area (Å²) in [5.41, 5.74) is 2.52. The second-order valence-electron chi connectivity index (χ2n) is 5.97. The van der Waals surface area contributed by atoms with E-state index in [9.17, 15) is 9.36 Å². The van der Waals surface area contributed by atoms with Gasteiger partial charge in [-0.05, 0) is 16.7 Å². The van der Waals surface area contributed by atoms with Crippen molar-refractivity contribution in [2.45, 2.75) is 6.16 Å². The zero-order chi connectivity index (χ0) is 19.5. The summed E-state index contributed by atoms with van der Waals surface area (Å²) in [6.07, 6.45) is 3.15. The third kappa shape index (κ3) is 3.78. The van der Waals surface area contributed by atoms with E-state index in [1.54, 1.807) is 48.7 Å². The van der Waals surface area contributed by atoms with Crippen molar-refractivity contribution in [2.75, 3.05) is 0 Å². The van der Waals surface area contributed by atoms with Gasteiger partial charge in [0, 0.05) is 29.6 Å². The monoisotopic (exact) mass is 393 g/mol. The van der Waals surface area contributed by atoms with Crippen LogP contribution in [0, 0.1) is 0 Å². The average molecular weight is 393 g/mol. The van der Waals surface area contributed by atoms with Crippen LogP contribution in [0.3, 0.4) is 0 Å². The molecule has 1 aromatic carbocycles. The summed E-state index contributed by atoms with van der Waals surface area (Å²) in [6, 6.07) is 14.1. The maximum Gasteiger partial charge on any atom is 0.510 e. The van der Waals surface area contributed by atoms with E-state index in [0.29, 0.717) is 23.0 Å². The predicted octanol–water partition coefficient (Wildman–Crippen LogP) is 3.39. The lowest BCUT2D eigenvalue weighted by Crippen LogP contribution is -2.11. The standard InChI is InChI=1S/C19H13N4O4P/c24-19-14(10-21-18(22-19)15-3-1-2-8-20-15)17-9-16(23-27-17)13-6-4-12(5-7-13)11-28(25)26/h1-10H,11H2,(H-,21,22,23,24,25,26)/p+1. The van der Waals surface area contributed by atoms with Crippen molar-refractivity contribution in [3.63, 3.8) is 0 Å². The summed E-state index contributed by atoms with van der Waals surface area (Å²) in [7, 11) is -2.22. The fourth-order valence-corrected chi connectivity index (χ4v) is 3.20. The highest BCUT2D eigenvalue weighted by atomic mass is 31.1. The molecule has 1 atom stereocenters. The molecule has 4 aromatic rings. The van der Waals surface area contributed by atoms with Crippen molar-refractivity contribution in [1.82, 2.24) is 20.1 Å². The molecule has 138 valence electrons. The van der Waals surface area contributed by atoms with Gasteiger partial charge in [0.15, 0.2) is 11.6 Å². The first-order valence-electron chi connectivity index (χ1n) is 8.31. The van der Waals surface area contributed by atoms with E-state index < -0.39 is 8.03 Å². The summed E-state index contributed by atoms with van der Waals surface area (Å²) in [6.45, 7) is 0. The Hall–Kier alpha value is -3.48. The van der Waals surface area contributed by atoms with Crippen molar-refractivity contribution >= 4 is 8.03 Å². The number of nitrogens with zero attached hydrogens (tertiary/aromatic N) is 3. The lowest BCUT2D eigenvalue weighted by atomic mass is 10.1. The van der Waals surface area contributed by atoms with Crippen LogP contribution >= 0.6 is 8.03 Å². The number of pyridine rings is 1. The molecular weight excluding hydrogens is 379 g/mol. The van der Waals surface area contributed by atoms with E-state index in [4.69, 9.17) is 9.42 Å². The Bertz CT molecular complexity index is 1190. The molecule has 0 bridgehead atoms. The zero-order valence-corrected chi connectivity index (χ0v) is 15.3. The normalized spacial score (nSPS) is 11.4. The molecule has 4 rings (SSSR count). The molecule has 3 aromatic heterocycles. The quantitative estimate of drug-likeness (QED) is 0.498. The molecular formula is C19H14N4O4P+. The third-order valence-electron chi connectivity index (χ3n) is 4.05. The molecule has 28 heavy (non-hydrogen) atoms. The molecule has 0 fully saturated rings. The number of aromatic nitrogens is 4. The first-order chi connectivity index (χ1) is 13.6. The molecule has 0 saturated heterocycles. The number of H-pyrrole nitrogens is 1. The molecule has 0 aliphatic heterocycles. The Balaban J connectivity index is 1.61. The van der Waals surface area contributed by atoms with E-state index in [1.807, 2.05) is 6.07 Å². The first-order valence-corrected chi connectivity index (χ1v) is 9.70. The van der Waals surface area contributed by atoms with Gasteiger partial charge in [-0.1, -0.05) is 35.5 Å². The fraction of sp³-hybridized carbons (Fsp3) is 0.0526. The Kier molecular flexibility index (Phi) is 4.89. The van der Waals surface area contributed by atoms with Gasteiger partial charge in [0.2, 0.25) is 6.16 Å². The van der Waals surface area contributed by atoms with Crippen LogP contribution in [-0.4, -0.2) is 25.0 Å². The number of benzene rings is 1. The predicted molar refractivity (Wildman–Crippen MR) is 103 cm³/mol. The largest absolute Gasteiger partial charge is 0.510 e. The van der Waals surface area contributed by atoms with Crippen LogP contribution in [-0.2, 0) is 10.7 Å². The van der Waals surface area contributed by atoms with Gasteiger partial charge in [-0.3, -0.25) is 9.78 Å². The first kappa shape index (κ1) is 17.9. The number of aromatic amines is 1. The molecule has 0 radical (unpaired) electrons. The smallest absolute Gasteiger partial charge is 0.355 e. The summed E-state index contributed by atoms with van der Waals surface area (Å²) < 4.78 is 16.2. The van der Waals surface area contributed by atoms with Gasteiger partial charge < -0.3 is 9.51 Å². The Morgan fingerprint density at radius 1 is 1.07 bits per heavy atom. The minimum Gasteiger partial charge on any atom is -0.355 e. The zero-order valence-electron chi connectivity index (χ0n) is 14.4. The molecule has 0 aliphatic carbocycles. The minimum absolute atomic E-state index is 0.101. The SMILES string of the molecule is O=c1[nH]c(-c2ccccn2)ncc1-c1cc(-c2ccc(C[P+](=O)O)cc2)no1. The second kappa shape index (κ2) is 7.64. The molecule has 0 aliphatic rings. The van der Waals surface area contributed by atoms with Gasteiger partial charge in [-0.25, -0.2) is 4.98 Å². The molecule has 0 saturated carbocycles. The molecule has 1 unspecified atom stereocenters. The molecule has 0 spiro atoms. The topological polar surface area (TPSA) is 122 Å². The highest BCUT2D eigenvalue weighted by molar-refractivity contribution is 7.37. The minimum atomic E-state index is -2.22. The van der Waals surface area contributed by atoms with E-state index >= 15 is 0 Å². The Morgan fingerprint density at radius 3 is 2.57 bits per heavy atom. The third-order valence-corrected chi connectivity index (χ3v) is 4.69. The van der Waals surface area contributed by atoms with Gasteiger partial charge in [0.25, 0.3) is 5.56 Å². The lowest BCUT2D eigenvalue weighted by molar-refractivity contribution is 0.434. The molecule has 8 nitrogen and oxygen atoms in total. The Morgan fingerprint density at radius 2 is 1.89 bits per heavy atom. The molecule has 3 heterocycles. The summed E-state index contributed by atoms with van der Waals surface area (Å²) in [5, 5.41) is 4.00. The van der Waals surface area contributed by atoms with Gasteiger partial charge in [-0.15, -0.1) is 0 Å². The van der Waals surface area contributed by atoms with Crippen LogP contribution in [0.25, 0.3) is 34.1 Å². The average Bonchev–Trinajstić information content (AvgIpc) is 3.18. The van der Waals surface area contributed by atoms with Gasteiger partial charge in [-0.2, -0.15) is 4.89 Å². The van der Waals surface area contributed by atoms with Crippen LogP contribution in [0.15, 0.2) is 70.2 Å². The summed E-state index contributed by atoms with van der Waals surface area (Å²) in [4.78, 5) is 32.5. The number of hydrogen-bond donors (Lipinski definition) is 2. The highest BCUT2D eigenvalue weighted by Gasteiger charge is 2.15. The fourth-order valence-electron chi connectivity index (χ4n) is 2.68. The van der Waals surface area contributed by atoms with Crippen LogP contribution in [0.4, 0.5) is 0 Å². The second-order valence-corrected chi connectivity index (χ2v) is 6.99. The summed E-state index contributed by atoms with van der Waals surface area (Å²) in [5.74, 6) is 0.658. The molecule has 0 amide bonds. The summed E-state index contributed by atoms with van der Waals surface area (Å²) >= 11 is 0. The number of rotatable bonds is 5. The molecule has 9 heteroatoms. The maximum atomic E-state index is 12.4. The van der Waals surface area contributed by atoms with Crippen LogP contribution < -0.4 is 5.56 Å². The number of hydrogen-bond acceptors (Lipinski definition) is 6. The highest BCUT2D eigenvalue weighted by Crippen LogP contribution is 2.26. The van der Waals surface area contributed by atoms with E-state index in [0.717, 1.165) is 11.1 Å². The van der Waals surface area contributed by atoms with Crippen molar-refractivity contribution in [2.24, 2.45) is 0 Å². The van der Waals surface area contributed by atoms with Crippen LogP contribution in [0.2, 0.25) is 0 Å². The van der Waals surface area contributed by atoms with Gasteiger partial charge in [0.1, 0.15) is 17.0 Å². The van der Waals surface area contributed by atoms with Crippen molar-refractivity contribution in [3.05, 3.63) is 76.8 Å².